The van der Waals surface area contributed by atoms with Gasteiger partial charge in [-0.15, -0.1) is 11.3 Å². The van der Waals surface area contributed by atoms with Crippen LogP contribution in [0.4, 0.5) is 0 Å². The summed E-state index contributed by atoms with van der Waals surface area (Å²) in [6.07, 6.45) is 4.26. The minimum Gasteiger partial charge on any atom is -0.384 e. The van der Waals surface area contributed by atoms with E-state index in [4.69, 9.17) is 0 Å². The molecule has 1 aliphatic carbocycles. The molecule has 0 saturated heterocycles. The van der Waals surface area contributed by atoms with Crippen molar-refractivity contribution in [1.82, 2.24) is 0 Å². The van der Waals surface area contributed by atoms with Crippen molar-refractivity contribution in [3.8, 4) is 0 Å². The highest BCUT2D eigenvalue weighted by Gasteiger charge is 2.43. The number of aryl methyl sites for hydroxylation is 1. The minimum atomic E-state index is -0.420. The number of thiophene rings is 1. The highest BCUT2D eigenvalue weighted by molar-refractivity contribution is 7.12. The normalized spacial score (nSPS) is 19.5. The summed E-state index contributed by atoms with van der Waals surface area (Å²) in [5.41, 5.74) is -0.420. The van der Waals surface area contributed by atoms with Crippen LogP contribution in [0.15, 0.2) is 12.1 Å². The third kappa shape index (κ3) is 1.41. The Hall–Kier alpha value is -0.340. The molecule has 0 amide bonds. The fourth-order valence-electron chi connectivity index (χ4n) is 1.37. The Morgan fingerprint density at radius 2 is 2.25 bits per heavy atom. The number of aliphatic hydroxyl groups is 1. The zero-order valence-corrected chi connectivity index (χ0v) is 8.16. The van der Waals surface area contributed by atoms with E-state index in [0.717, 1.165) is 19.3 Å². The second-order valence-electron chi connectivity index (χ2n) is 3.55. The van der Waals surface area contributed by atoms with Gasteiger partial charge in [0.05, 0.1) is 5.60 Å². The van der Waals surface area contributed by atoms with E-state index < -0.39 is 5.60 Å². The van der Waals surface area contributed by atoms with Gasteiger partial charge in [-0.2, -0.15) is 0 Å². The van der Waals surface area contributed by atoms with Gasteiger partial charge in [-0.25, -0.2) is 0 Å². The van der Waals surface area contributed by atoms with Gasteiger partial charge < -0.3 is 5.11 Å². The molecule has 0 spiro atoms. The summed E-state index contributed by atoms with van der Waals surface area (Å²) >= 11 is 1.78. The van der Waals surface area contributed by atoms with Crippen LogP contribution in [0.5, 0.6) is 0 Å². The van der Waals surface area contributed by atoms with Gasteiger partial charge in [0.1, 0.15) is 0 Å². The Morgan fingerprint density at radius 3 is 2.83 bits per heavy atom. The monoisotopic (exact) mass is 182 g/mol. The predicted octanol–water partition coefficient (Wildman–Crippen LogP) is 2.68. The van der Waals surface area contributed by atoms with Crippen LogP contribution < -0.4 is 0 Å². The van der Waals surface area contributed by atoms with E-state index >= 15 is 0 Å². The van der Waals surface area contributed by atoms with Crippen LogP contribution in [-0.2, 0) is 12.0 Å². The van der Waals surface area contributed by atoms with Crippen LogP contribution in [0.25, 0.3) is 0 Å². The van der Waals surface area contributed by atoms with Crippen molar-refractivity contribution in [2.45, 2.75) is 38.2 Å². The van der Waals surface area contributed by atoms with E-state index in [1.54, 1.807) is 11.3 Å². The Bertz CT molecular complexity index is 273. The SMILES string of the molecule is CCCc1ccc(C2(O)CC2)s1. The molecule has 1 nitrogen and oxygen atoms in total. The average molecular weight is 182 g/mol. The van der Waals surface area contributed by atoms with Gasteiger partial charge in [-0.1, -0.05) is 13.3 Å². The van der Waals surface area contributed by atoms with Crippen LogP contribution in [0.1, 0.15) is 35.9 Å². The van der Waals surface area contributed by atoms with Gasteiger partial charge in [0.15, 0.2) is 0 Å². The maximum absolute atomic E-state index is 9.79. The molecule has 0 unspecified atom stereocenters. The van der Waals surface area contributed by atoms with Gasteiger partial charge in [-0.05, 0) is 31.4 Å². The summed E-state index contributed by atoms with van der Waals surface area (Å²) in [7, 11) is 0. The lowest BCUT2D eigenvalue weighted by atomic mass is 10.2. The molecule has 0 aliphatic heterocycles. The Balaban J connectivity index is 2.13. The van der Waals surface area contributed by atoms with Crippen molar-refractivity contribution in [3.63, 3.8) is 0 Å². The highest BCUT2D eigenvalue weighted by atomic mass is 32.1. The molecule has 1 aliphatic rings. The number of hydrogen-bond donors (Lipinski definition) is 1. The van der Waals surface area contributed by atoms with Crippen molar-refractivity contribution >= 4 is 11.3 Å². The molecule has 1 heterocycles. The van der Waals surface area contributed by atoms with Gasteiger partial charge >= 0.3 is 0 Å². The van der Waals surface area contributed by atoms with Crippen LogP contribution in [0.3, 0.4) is 0 Å². The van der Waals surface area contributed by atoms with E-state index in [9.17, 15) is 5.11 Å². The summed E-state index contributed by atoms with van der Waals surface area (Å²) < 4.78 is 0. The topological polar surface area (TPSA) is 20.2 Å². The van der Waals surface area contributed by atoms with Crippen LogP contribution in [0.2, 0.25) is 0 Å². The standard InChI is InChI=1S/C10H14OS/c1-2-3-8-4-5-9(12-8)10(11)6-7-10/h4-5,11H,2-3,6-7H2,1H3. The molecule has 0 radical (unpaired) electrons. The summed E-state index contributed by atoms with van der Waals surface area (Å²) in [4.78, 5) is 2.58. The van der Waals surface area contributed by atoms with Gasteiger partial charge in [-0.3, -0.25) is 0 Å². The maximum atomic E-state index is 9.79. The lowest BCUT2D eigenvalue weighted by molar-refractivity contribution is 0.155. The first kappa shape index (κ1) is 8.27. The molecule has 1 N–H and O–H groups in total. The van der Waals surface area contributed by atoms with E-state index in [2.05, 4.69) is 19.1 Å². The highest BCUT2D eigenvalue weighted by Crippen LogP contribution is 2.47. The van der Waals surface area contributed by atoms with Crippen molar-refractivity contribution in [2.24, 2.45) is 0 Å². The molecule has 1 aromatic rings. The average Bonchev–Trinajstić information content (AvgIpc) is 2.64. The zero-order valence-electron chi connectivity index (χ0n) is 7.34. The number of hydrogen-bond acceptors (Lipinski definition) is 2. The first-order chi connectivity index (χ1) is 5.74. The quantitative estimate of drug-likeness (QED) is 0.762. The molecular formula is C10H14OS. The predicted molar refractivity (Wildman–Crippen MR) is 51.4 cm³/mol. The summed E-state index contributed by atoms with van der Waals surface area (Å²) in [5, 5.41) is 9.79. The second kappa shape index (κ2) is 2.86. The Morgan fingerprint density at radius 1 is 1.50 bits per heavy atom. The van der Waals surface area contributed by atoms with Gasteiger partial charge in [0.2, 0.25) is 0 Å². The second-order valence-corrected chi connectivity index (χ2v) is 4.72. The molecule has 66 valence electrons. The van der Waals surface area contributed by atoms with Gasteiger partial charge in [0.25, 0.3) is 0 Å². The van der Waals surface area contributed by atoms with E-state index in [0.29, 0.717) is 0 Å². The maximum Gasteiger partial charge on any atom is 0.0990 e. The molecule has 2 rings (SSSR count). The van der Waals surface area contributed by atoms with E-state index in [1.165, 1.54) is 16.2 Å². The van der Waals surface area contributed by atoms with Crippen molar-refractivity contribution < 1.29 is 5.11 Å². The van der Waals surface area contributed by atoms with Crippen LogP contribution in [-0.4, -0.2) is 5.11 Å². The molecule has 0 aromatic carbocycles. The molecule has 1 saturated carbocycles. The minimum absolute atomic E-state index is 0.420. The summed E-state index contributed by atoms with van der Waals surface area (Å²) in [6.45, 7) is 2.19. The fourth-order valence-corrected chi connectivity index (χ4v) is 2.63. The Labute approximate surface area is 77.0 Å². The summed E-state index contributed by atoms with van der Waals surface area (Å²) in [6, 6.07) is 4.24. The van der Waals surface area contributed by atoms with Crippen LogP contribution >= 0.6 is 11.3 Å². The molecule has 0 bridgehead atoms. The largest absolute Gasteiger partial charge is 0.384 e. The molecular weight excluding hydrogens is 168 g/mol. The van der Waals surface area contributed by atoms with Crippen molar-refractivity contribution in [2.75, 3.05) is 0 Å². The van der Waals surface area contributed by atoms with Gasteiger partial charge in [0, 0.05) is 9.75 Å². The van der Waals surface area contributed by atoms with E-state index in [-0.39, 0.29) is 0 Å². The third-order valence-corrected chi connectivity index (χ3v) is 3.68. The lowest BCUT2D eigenvalue weighted by Crippen LogP contribution is -1.99. The lowest BCUT2D eigenvalue weighted by Gasteiger charge is -2.01. The summed E-state index contributed by atoms with van der Waals surface area (Å²) in [5.74, 6) is 0. The molecule has 12 heavy (non-hydrogen) atoms. The molecule has 1 aromatic heterocycles. The first-order valence-electron chi connectivity index (χ1n) is 4.56. The van der Waals surface area contributed by atoms with Crippen molar-refractivity contribution in [1.29, 1.82) is 0 Å². The van der Waals surface area contributed by atoms with Crippen LogP contribution in [0, 0.1) is 0 Å². The molecule has 2 heteroatoms. The zero-order chi connectivity index (χ0) is 8.60. The number of rotatable bonds is 3. The first-order valence-corrected chi connectivity index (χ1v) is 5.38. The molecule has 1 fully saturated rings. The Kier molecular flexibility index (Phi) is 1.97. The smallest absolute Gasteiger partial charge is 0.0990 e. The van der Waals surface area contributed by atoms with Crippen molar-refractivity contribution in [3.05, 3.63) is 21.9 Å². The van der Waals surface area contributed by atoms with E-state index in [1.807, 2.05) is 0 Å². The third-order valence-electron chi connectivity index (χ3n) is 2.34. The molecule has 0 atom stereocenters. The fraction of sp³-hybridized carbons (Fsp3) is 0.600.